The summed E-state index contributed by atoms with van der Waals surface area (Å²) in [5.41, 5.74) is 0. The summed E-state index contributed by atoms with van der Waals surface area (Å²) in [5, 5.41) is 14.6. The fourth-order valence-corrected chi connectivity index (χ4v) is 2.51. The van der Waals surface area contributed by atoms with Crippen molar-refractivity contribution in [2.45, 2.75) is 25.9 Å². The van der Waals surface area contributed by atoms with Crippen LogP contribution >= 0.6 is 0 Å². The van der Waals surface area contributed by atoms with Crippen molar-refractivity contribution in [3.8, 4) is 0 Å². The van der Waals surface area contributed by atoms with Crippen molar-refractivity contribution in [1.29, 1.82) is 0 Å². The zero-order valence-electron chi connectivity index (χ0n) is 10.9. The summed E-state index contributed by atoms with van der Waals surface area (Å²) in [7, 11) is 0. The Labute approximate surface area is 111 Å². The van der Waals surface area contributed by atoms with Crippen LogP contribution < -0.4 is 10.6 Å². The van der Waals surface area contributed by atoms with E-state index in [1.54, 1.807) is 0 Å². The van der Waals surface area contributed by atoms with Gasteiger partial charge in [0.15, 0.2) is 5.82 Å². The molecule has 1 fully saturated rings. The van der Waals surface area contributed by atoms with Gasteiger partial charge in [-0.15, -0.1) is 10.2 Å². The Morgan fingerprint density at radius 3 is 3.26 bits per heavy atom. The maximum absolute atomic E-state index is 11.9. The monoisotopic (exact) mass is 265 g/mol. The smallest absolute Gasteiger partial charge is 0.225 e. The van der Waals surface area contributed by atoms with E-state index in [2.05, 4.69) is 25.4 Å². The van der Waals surface area contributed by atoms with Crippen LogP contribution in [0.5, 0.6) is 0 Å². The molecule has 0 unspecified atom stereocenters. The molecule has 104 valence electrons. The van der Waals surface area contributed by atoms with Gasteiger partial charge in [-0.2, -0.15) is 0 Å². The summed E-state index contributed by atoms with van der Waals surface area (Å²) in [6, 6.07) is 0. The molecule has 3 heterocycles. The number of nitrogens with one attached hydrogen (secondary N) is 2. The average molecular weight is 265 g/mol. The molecular weight excluding hydrogens is 246 g/mol. The Morgan fingerprint density at radius 1 is 1.47 bits per heavy atom. The molecule has 0 aromatic carbocycles. The SMILES string of the molecule is O=C(NCc1nnc2n1CCNCC2)[C@H]1CCOC1. The number of aromatic nitrogens is 3. The van der Waals surface area contributed by atoms with Crippen LogP contribution in [0.2, 0.25) is 0 Å². The fraction of sp³-hybridized carbons (Fsp3) is 0.750. The van der Waals surface area contributed by atoms with E-state index in [9.17, 15) is 4.79 Å². The zero-order chi connectivity index (χ0) is 13.1. The number of ether oxygens (including phenoxy) is 1. The number of amides is 1. The van der Waals surface area contributed by atoms with Gasteiger partial charge in [-0.05, 0) is 6.42 Å². The molecule has 7 heteroatoms. The molecule has 0 radical (unpaired) electrons. The van der Waals surface area contributed by atoms with Gasteiger partial charge in [0.1, 0.15) is 5.82 Å². The predicted molar refractivity (Wildman–Crippen MR) is 67.4 cm³/mol. The standard InChI is InChI=1S/C12H19N5O2/c18-12(9-2-6-19-8-9)14-7-11-16-15-10-1-3-13-4-5-17(10)11/h9,13H,1-8H2,(H,14,18)/t9-/m0/s1. The second-order valence-electron chi connectivity index (χ2n) is 4.96. The molecule has 0 aliphatic carbocycles. The van der Waals surface area contributed by atoms with Crippen LogP contribution in [0.15, 0.2) is 0 Å². The first kappa shape index (κ1) is 12.6. The lowest BCUT2D eigenvalue weighted by Gasteiger charge is -2.10. The lowest BCUT2D eigenvalue weighted by Crippen LogP contribution is -2.31. The molecular formula is C12H19N5O2. The molecule has 2 aliphatic rings. The molecule has 1 aromatic rings. The summed E-state index contributed by atoms with van der Waals surface area (Å²) in [6.07, 6.45) is 1.70. The van der Waals surface area contributed by atoms with Crippen LogP contribution in [-0.4, -0.2) is 47.0 Å². The molecule has 1 saturated heterocycles. The zero-order valence-corrected chi connectivity index (χ0v) is 10.9. The van der Waals surface area contributed by atoms with Crippen molar-refractivity contribution in [3.63, 3.8) is 0 Å². The molecule has 3 rings (SSSR count). The van der Waals surface area contributed by atoms with Gasteiger partial charge >= 0.3 is 0 Å². The summed E-state index contributed by atoms with van der Waals surface area (Å²) in [5.74, 6) is 1.89. The highest BCUT2D eigenvalue weighted by Gasteiger charge is 2.24. The summed E-state index contributed by atoms with van der Waals surface area (Å²) in [6.45, 7) is 4.38. The molecule has 19 heavy (non-hydrogen) atoms. The Hall–Kier alpha value is -1.47. The largest absolute Gasteiger partial charge is 0.381 e. The Bertz CT molecular complexity index is 453. The van der Waals surface area contributed by atoms with Gasteiger partial charge in [-0.3, -0.25) is 4.79 Å². The van der Waals surface area contributed by atoms with Crippen molar-refractivity contribution in [2.75, 3.05) is 26.3 Å². The van der Waals surface area contributed by atoms with Crippen LogP contribution in [0.4, 0.5) is 0 Å². The van der Waals surface area contributed by atoms with E-state index in [0.717, 1.165) is 44.1 Å². The van der Waals surface area contributed by atoms with Crippen LogP contribution in [-0.2, 0) is 29.0 Å². The van der Waals surface area contributed by atoms with E-state index in [1.807, 2.05) is 0 Å². The minimum Gasteiger partial charge on any atom is -0.381 e. The molecule has 2 aliphatic heterocycles. The van der Waals surface area contributed by atoms with E-state index in [-0.39, 0.29) is 11.8 Å². The fourth-order valence-electron chi connectivity index (χ4n) is 2.51. The Balaban J connectivity index is 1.60. The highest BCUT2D eigenvalue weighted by atomic mass is 16.5. The molecule has 2 N–H and O–H groups in total. The summed E-state index contributed by atoms with van der Waals surface area (Å²) in [4.78, 5) is 11.9. The van der Waals surface area contributed by atoms with Crippen molar-refractivity contribution >= 4 is 5.91 Å². The second kappa shape index (κ2) is 5.66. The van der Waals surface area contributed by atoms with E-state index in [0.29, 0.717) is 19.8 Å². The quantitative estimate of drug-likeness (QED) is 0.738. The van der Waals surface area contributed by atoms with Crippen LogP contribution in [0.25, 0.3) is 0 Å². The number of hydrogen-bond donors (Lipinski definition) is 2. The first-order valence-electron chi connectivity index (χ1n) is 6.82. The van der Waals surface area contributed by atoms with Crippen LogP contribution in [0.3, 0.4) is 0 Å². The molecule has 1 amide bonds. The second-order valence-corrected chi connectivity index (χ2v) is 4.96. The third kappa shape index (κ3) is 2.76. The van der Waals surface area contributed by atoms with E-state index >= 15 is 0 Å². The maximum Gasteiger partial charge on any atom is 0.225 e. The first-order chi connectivity index (χ1) is 9.34. The number of hydrogen-bond acceptors (Lipinski definition) is 5. The minimum atomic E-state index is -0.00630. The maximum atomic E-state index is 11.9. The van der Waals surface area contributed by atoms with Crippen molar-refractivity contribution in [3.05, 3.63) is 11.6 Å². The van der Waals surface area contributed by atoms with Gasteiger partial charge in [-0.25, -0.2) is 0 Å². The topological polar surface area (TPSA) is 81.1 Å². The summed E-state index contributed by atoms with van der Waals surface area (Å²) >= 11 is 0. The highest BCUT2D eigenvalue weighted by Crippen LogP contribution is 2.12. The summed E-state index contributed by atoms with van der Waals surface area (Å²) < 4.78 is 7.32. The van der Waals surface area contributed by atoms with Gasteiger partial charge < -0.3 is 19.9 Å². The first-order valence-corrected chi connectivity index (χ1v) is 6.82. The number of carbonyl (C=O) groups is 1. The third-order valence-corrected chi connectivity index (χ3v) is 3.66. The van der Waals surface area contributed by atoms with Crippen molar-refractivity contribution in [1.82, 2.24) is 25.4 Å². The number of carbonyl (C=O) groups excluding carboxylic acids is 1. The van der Waals surface area contributed by atoms with Gasteiger partial charge in [0.25, 0.3) is 0 Å². The third-order valence-electron chi connectivity index (χ3n) is 3.66. The van der Waals surface area contributed by atoms with Gasteiger partial charge in [0.2, 0.25) is 5.91 Å². The number of rotatable bonds is 3. The van der Waals surface area contributed by atoms with Gasteiger partial charge in [0, 0.05) is 32.7 Å². The lowest BCUT2D eigenvalue weighted by molar-refractivity contribution is -0.125. The van der Waals surface area contributed by atoms with Gasteiger partial charge in [-0.1, -0.05) is 0 Å². The Morgan fingerprint density at radius 2 is 2.42 bits per heavy atom. The van der Waals surface area contributed by atoms with E-state index < -0.39 is 0 Å². The van der Waals surface area contributed by atoms with E-state index in [4.69, 9.17) is 4.74 Å². The number of nitrogens with zero attached hydrogens (tertiary/aromatic N) is 3. The van der Waals surface area contributed by atoms with Crippen LogP contribution in [0, 0.1) is 5.92 Å². The molecule has 1 atom stereocenters. The average Bonchev–Trinajstić information content (AvgIpc) is 3.02. The predicted octanol–water partition coefficient (Wildman–Crippen LogP) is -0.923. The van der Waals surface area contributed by atoms with Crippen LogP contribution in [0.1, 0.15) is 18.1 Å². The lowest BCUT2D eigenvalue weighted by atomic mass is 10.1. The number of fused-ring (bicyclic) bond motifs is 1. The molecule has 0 saturated carbocycles. The molecule has 7 nitrogen and oxygen atoms in total. The molecule has 1 aromatic heterocycles. The Kier molecular flexibility index (Phi) is 3.74. The van der Waals surface area contributed by atoms with E-state index in [1.165, 1.54) is 0 Å². The molecule has 0 bridgehead atoms. The molecule has 0 spiro atoms. The van der Waals surface area contributed by atoms with Gasteiger partial charge in [0.05, 0.1) is 19.1 Å². The normalized spacial score (nSPS) is 22.8. The minimum absolute atomic E-state index is 0.00630. The highest BCUT2D eigenvalue weighted by molar-refractivity contribution is 5.78. The van der Waals surface area contributed by atoms with Crippen molar-refractivity contribution in [2.24, 2.45) is 5.92 Å². The van der Waals surface area contributed by atoms with Crippen molar-refractivity contribution < 1.29 is 9.53 Å².